The number of halogens is 1. The number of guanidine groups is 1. The number of rotatable bonds is 5. The fourth-order valence-electron chi connectivity index (χ4n) is 1.91. The van der Waals surface area contributed by atoms with Gasteiger partial charge in [-0.1, -0.05) is 13.8 Å². The highest BCUT2D eigenvalue weighted by molar-refractivity contribution is 14.0. The lowest BCUT2D eigenvalue weighted by Gasteiger charge is -2.20. The molecule has 0 aromatic carbocycles. The lowest BCUT2D eigenvalue weighted by Crippen LogP contribution is -2.44. The van der Waals surface area contributed by atoms with E-state index in [0.717, 1.165) is 18.2 Å². The SMILES string of the molecule is CCNC(=NCc1c(C)nn(C)c1C)NC(C)C(C)C.I. The van der Waals surface area contributed by atoms with Crippen molar-refractivity contribution < 1.29 is 0 Å². The second-order valence-corrected chi connectivity index (χ2v) is 5.65. The molecule has 1 heterocycles. The Balaban J connectivity index is 0.00000400. The van der Waals surface area contributed by atoms with Crippen molar-refractivity contribution in [3.8, 4) is 0 Å². The summed E-state index contributed by atoms with van der Waals surface area (Å²) in [5.41, 5.74) is 3.45. The third-order valence-corrected chi connectivity index (χ3v) is 3.76. The molecule has 0 saturated carbocycles. The van der Waals surface area contributed by atoms with Crippen molar-refractivity contribution in [1.29, 1.82) is 0 Å². The van der Waals surface area contributed by atoms with E-state index in [0.29, 0.717) is 18.5 Å². The minimum absolute atomic E-state index is 0. The number of nitrogens with one attached hydrogen (secondary N) is 2. The average molecular weight is 407 g/mol. The highest BCUT2D eigenvalue weighted by Crippen LogP contribution is 2.12. The Morgan fingerprint density at radius 1 is 1.29 bits per heavy atom. The first-order valence-electron chi connectivity index (χ1n) is 7.40. The van der Waals surface area contributed by atoms with E-state index in [-0.39, 0.29) is 24.0 Å². The standard InChI is InChI=1S/C15H29N5.HI/c1-8-16-15(18-11(4)10(2)3)17-9-14-12(5)19-20(7)13(14)6;/h10-11H,8-9H2,1-7H3,(H2,16,17,18);1H. The van der Waals surface area contributed by atoms with Crippen LogP contribution in [0.2, 0.25) is 0 Å². The average Bonchev–Trinajstić information content (AvgIpc) is 2.61. The Morgan fingerprint density at radius 2 is 1.90 bits per heavy atom. The Morgan fingerprint density at radius 3 is 2.33 bits per heavy atom. The maximum Gasteiger partial charge on any atom is 0.191 e. The monoisotopic (exact) mass is 407 g/mol. The molecule has 21 heavy (non-hydrogen) atoms. The molecule has 5 nitrogen and oxygen atoms in total. The summed E-state index contributed by atoms with van der Waals surface area (Å²) in [6.45, 7) is 14.3. The summed E-state index contributed by atoms with van der Waals surface area (Å²) in [6.07, 6.45) is 0. The smallest absolute Gasteiger partial charge is 0.191 e. The Bertz CT molecular complexity index is 465. The van der Waals surface area contributed by atoms with E-state index in [2.05, 4.69) is 55.3 Å². The maximum absolute atomic E-state index is 4.68. The number of hydrogen-bond donors (Lipinski definition) is 2. The van der Waals surface area contributed by atoms with Gasteiger partial charge in [-0.3, -0.25) is 4.68 Å². The van der Waals surface area contributed by atoms with Gasteiger partial charge in [0, 0.05) is 30.9 Å². The largest absolute Gasteiger partial charge is 0.357 e. The summed E-state index contributed by atoms with van der Waals surface area (Å²) in [4.78, 5) is 4.68. The molecule has 1 rings (SSSR count). The van der Waals surface area contributed by atoms with Gasteiger partial charge in [-0.25, -0.2) is 4.99 Å². The van der Waals surface area contributed by atoms with Crippen LogP contribution in [0.1, 0.15) is 44.6 Å². The van der Waals surface area contributed by atoms with Crippen molar-refractivity contribution in [2.75, 3.05) is 6.54 Å². The van der Waals surface area contributed by atoms with Gasteiger partial charge in [0.1, 0.15) is 0 Å². The fraction of sp³-hybridized carbons (Fsp3) is 0.733. The van der Waals surface area contributed by atoms with Crippen molar-refractivity contribution in [2.24, 2.45) is 18.0 Å². The van der Waals surface area contributed by atoms with Gasteiger partial charge in [0.05, 0.1) is 12.2 Å². The first kappa shape index (κ1) is 20.2. The number of nitrogens with zero attached hydrogens (tertiary/aromatic N) is 3. The van der Waals surface area contributed by atoms with Gasteiger partial charge < -0.3 is 10.6 Å². The molecule has 1 atom stereocenters. The molecular formula is C15H30IN5. The fourth-order valence-corrected chi connectivity index (χ4v) is 1.91. The molecule has 0 fully saturated rings. The van der Waals surface area contributed by atoms with E-state index in [4.69, 9.17) is 0 Å². The number of hydrogen-bond acceptors (Lipinski definition) is 2. The van der Waals surface area contributed by atoms with Gasteiger partial charge in [-0.15, -0.1) is 24.0 Å². The summed E-state index contributed by atoms with van der Waals surface area (Å²) < 4.78 is 1.91. The molecule has 0 spiro atoms. The summed E-state index contributed by atoms with van der Waals surface area (Å²) in [7, 11) is 1.97. The zero-order valence-electron chi connectivity index (χ0n) is 14.3. The van der Waals surface area contributed by atoms with Crippen molar-refractivity contribution in [1.82, 2.24) is 20.4 Å². The summed E-state index contributed by atoms with van der Waals surface area (Å²) in [5.74, 6) is 1.44. The molecule has 0 radical (unpaired) electrons. The molecule has 2 N–H and O–H groups in total. The highest BCUT2D eigenvalue weighted by atomic mass is 127. The van der Waals surface area contributed by atoms with Crippen LogP contribution in [0.5, 0.6) is 0 Å². The van der Waals surface area contributed by atoms with Crippen molar-refractivity contribution in [3.63, 3.8) is 0 Å². The van der Waals surface area contributed by atoms with Gasteiger partial charge in [-0.2, -0.15) is 5.10 Å². The molecule has 0 saturated heterocycles. The van der Waals surface area contributed by atoms with Gasteiger partial charge >= 0.3 is 0 Å². The minimum Gasteiger partial charge on any atom is -0.357 e. The predicted molar refractivity (Wildman–Crippen MR) is 100 cm³/mol. The molecule has 122 valence electrons. The third-order valence-electron chi connectivity index (χ3n) is 3.76. The van der Waals surface area contributed by atoms with Crippen LogP contribution >= 0.6 is 24.0 Å². The molecule has 1 aromatic heterocycles. The zero-order valence-corrected chi connectivity index (χ0v) is 16.6. The first-order chi connectivity index (χ1) is 9.36. The Hall–Kier alpha value is -0.790. The molecule has 0 aliphatic carbocycles. The van der Waals surface area contributed by atoms with E-state index >= 15 is 0 Å². The van der Waals surface area contributed by atoms with E-state index in [9.17, 15) is 0 Å². The lowest BCUT2D eigenvalue weighted by atomic mass is 10.1. The van der Waals surface area contributed by atoms with Crippen LogP contribution in [0.4, 0.5) is 0 Å². The van der Waals surface area contributed by atoms with Crippen LogP contribution < -0.4 is 10.6 Å². The van der Waals surface area contributed by atoms with Crippen LogP contribution in [-0.4, -0.2) is 28.3 Å². The lowest BCUT2D eigenvalue weighted by molar-refractivity contribution is 0.481. The molecule has 0 aliphatic heterocycles. The van der Waals surface area contributed by atoms with Gasteiger partial charge in [0.2, 0.25) is 0 Å². The van der Waals surface area contributed by atoms with Gasteiger partial charge in [0.25, 0.3) is 0 Å². The van der Waals surface area contributed by atoms with Crippen molar-refractivity contribution in [3.05, 3.63) is 17.0 Å². The number of aliphatic imine (C=N–C) groups is 1. The second kappa shape index (κ2) is 9.27. The van der Waals surface area contributed by atoms with E-state index in [1.165, 1.54) is 11.3 Å². The van der Waals surface area contributed by atoms with Crippen molar-refractivity contribution >= 4 is 29.9 Å². The van der Waals surface area contributed by atoms with Gasteiger partial charge in [-0.05, 0) is 33.6 Å². The first-order valence-corrected chi connectivity index (χ1v) is 7.40. The van der Waals surface area contributed by atoms with Gasteiger partial charge in [0.15, 0.2) is 5.96 Å². The molecule has 0 aliphatic rings. The predicted octanol–water partition coefficient (Wildman–Crippen LogP) is 2.75. The van der Waals surface area contributed by atoms with Crippen LogP contribution in [0.25, 0.3) is 0 Å². The Kier molecular flexibility index (Phi) is 8.92. The normalized spacial score (nSPS) is 13.0. The minimum atomic E-state index is 0. The van der Waals surface area contributed by atoms with E-state index in [1.807, 2.05) is 18.7 Å². The number of aryl methyl sites for hydroxylation is 2. The summed E-state index contributed by atoms with van der Waals surface area (Å²) in [5, 5.41) is 11.2. The highest BCUT2D eigenvalue weighted by Gasteiger charge is 2.11. The molecular weight excluding hydrogens is 377 g/mol. The van der Waals surface area contributed by atoms with Crippen LogP contribution in [0.15, 0.2) is 4.99 Å². The molecule has 1 aromatic rings. The maximum atomic E-state index is 4.68. The van der Waals surface area contributed by atoms with Crippen LogP contribution in [-0.2, 0) is 13.6 Å². The molecule has 6 heteroatoms. The molecule has 0 amide bonds. The zero-order chi connectivity index (χ0) is 15.3. The molecule has 1 unspecified atom stereocenters. The topological polar surface area (TPSA) is 54.2 Å². The van der Waals surface area contributed by atoms with E-state index in [1.54, 1.807) is 0 Å². The quantitative estimate of drug-likeness (QED) is 0.449. The number of aromatic nitrogens is 2. The molecule has 0 bridgehead atoms. The van der Waals surface area contributed by atoms with E-state index < -0.39 is 0 Å². The van der Waals surface area contributed by atoms with Crippen LogP contribution in [0.3, 0.4) is 0 Å². The second-order valence-electron chi connectivity index (χ2n) is 5.65. The Labute approximate surface area is 146 Å². The van der Waals surface area contributed by atoms with Crippen molar-refractivity contribution in [2.45, 2.75) is 54.1 Å². The third kappa shape index (κ3) is 5.84. The van der Waals surface area contributed by atoms with Crippen LogP contribution in [0, 0.1) is 19.8 Å². The summed E-state index contributed by atoms with van der Waals surface area (Å²) in [6, 6.07) is 0.392. The summed E-state index contributed by atoms with van der Waals surface area (Å²) >= 11 is 0.